The van der Waals surface area contributed by atoms with Crippen molar-refractivity contribution in [2.24, 2.45) is 11.8 Å². The molecule has 0 unspecified atom stereocenters. The molecule has 4 aliphatic heterocycles. The number of carbonyl (C=O) groups excluding carboxylic acids is 3. The van der Waals surface area contributed by atoms with Gasteiger partial charge in [0.15, 0.2) is 5.78 Å². The largest absolute Gasteiger partial charge is 0.353 e. The standard InChI is InChI=1S/C18H18N4O.C17H18N2O2.2C7H15NO2S/c1-18(2)12-7-13-11(6-14(12)21-17(18)23)10-5-3-4-9-8-19-22-15(9)16(10)20-13;1-17(2)11-8-12-10(7-13(11)19-16(17)21)9-5-3-4-6-14(20)15(9)18-12;2*1-7-3-5-8(6-4-7)11(2,9)10/h6-8,20H,3-5H2,1-2H3,(H,19,22)(H,21,23);7-8,18H,3-6H2,1-2H3,(H,19,21);2*7H,3-6H2,1-2H3. The third-order valence-corrected chi connectivity index (χ3v) is 17.3. The van der Waals surface area contributed by atoms with Gasteiger partial charge in [-0.3, -0.25) is 19.5 Å². The van der Waals surface area contributed by atoms with Crippen molar-refractivity contribution in [3.63, 3.8) is 0 Å². The van der Waals surface area contributed by atoms with Crippen LogP contribution in [-0.2, 0) is 59.7 Å². The van der Waals surface area contributed by atoms with E-state index in [1.54, 1.807) is 8.61 Å². The molecule has 0 atom stereocenters. The number of anilines is 2. The number of rotatable bonds is 2. The molecule has 5 aromatic rings. The lowest BCUT2D eigenvalue weighted by Gasteiger charge is -2.27. The number of benzene rings is 2. The highest BCUT2D eigenvalue weighted by molar-refractivity contribution is 7.88. The molecule has 17 heteroatoms. The average Bonchev–Trinajstić information content (AvgIpc) is 3.99. The van der Waals surface area contributed by atoms with Gasteiger partial charge < -0.3 is 20.6 Å². The molecule has 66 heavy (non-hydrogen) atoms. The number of hydrogen-bond acceptors (Lipinski definition) is 8. The number of aryl methyl sites for hydroxylation is 3. The van der Waals surface area contributed by atoms with E-state index >= 15 is 0 Å². The van der Waals surface area contributed by atoms with Crippen LogP contribution in [0.3, 0.4) is 0 Å². The fourth-order valence-corrected chi connectivity index (χ4v) is 11.9. The van der Waals surface area contributed by atoms with E-state index in [2.05, 4.69) is 56.8 Å². The second-order valence-corrected chi connectivity index (χ2v) is 24.4. The first kappa shape index (κ1) is 47.6. The number of Topliss-reactive ketones (excluding diaryl/α,β-unsaturated/α-hetero) is 1. The van der Waals surface area contributed by atoms with Crippen LogP contribution in [0.5, 0.6) is 0 Å². The summed E-state index contributed by atoms with van der Waals surface area (Å²) in [6.07, 6.45) is 15.3. The van der Waals surface area contributed by atoms with E-state index in [4.69, 9.17) is 0 Å². The van der Waals surface area contributed by atoms with Crippen LogP contribution in [0, 0.1) is 11.8 Å². The van der Waals surface area contributed by atoms with E-state index in [-0.39, 0.29) is 17.6 Å². The zero-order chi connectivity index (χ0) is 47.5. The lowest BCUT2D eigenvalue weighted by atomic mass is 9.85. The summed E-state index contributed by atoms with van der Waals surface area (Å²) in [4.78, 5) is 43.3. The number of amides is 2. The van der Waals surface area contributed by atoms with Gasteiger partial charge in [0.05, 0.1) is 46.6 Å². The average molecular weight is 943 g/mol. The molecule has 6 aliphatic rings. The molecule has 2 saturated heterocycles. The summed E-state index contributed by atoms with van der Waals surface area (Å²) in [6, 6.07) is 8.33. The fourth-order valence-electron chi connectivity index (χ4n) is 10.1. The van der Waals surface area contributed by atoms with Crippen molar-refractivity contribution < 1.29 is 31.2 Å². The van der Waals surface area contributed by atoms with Gasteiger partial charge in [0.2, 0.25) is 31.9 Å². The van der Waals surface area contributed by atoms with Gasteiger partial charge in [-0.15, -0.1) is 0 Å². The molecule has 3 aromatic heterocycles. The van der Waals surface area contributed by atoms with E-state index in [1.165, 1.54) is 29.0 Å². The topological polar surface area (TPSA) is 210 Å². The van der Waals surface area contributed by atoms with Gasteiger partial charge in [0.25, 0.3) is 0 Å². The molecule has 7 heterocycles. The summed E-state index contributed by atoms with van der Waals surface area (Å²) in [5, 5.41) is 15.6. The quantitative estimate of drug-likeness (QED) is 0.109. The minimum Gasteiger partial charge on any atom is -0.353 e. The summed E-state index contributed by atoms with van der Waals surface area (Å²) in [7, 11) is -5.83. The molecule has 0 saturated carbocycles. The number of H-pyrrole nitrogens is 3. The second-order valence-electron chi connectivity index (χ2n) is 20.4. The molecular formula is C49H66N8O7S2. The van der Waals surface area contributed by atoms with Crippen LogP contribution >= 0.6 is 0 Å². The zero-order valence-electron chi connectivity index (χ0n) is 39.7. The highest BCUT2D eigenvalue weighted by atomic mass is 32.2. The van der Waals surface area contributed by atoms with Crippen LogP contribution < -0.4 is 10.6 Å². The first-order valence-electron chi connectivity index (χ1n) is 23.5. The normalized spacial score (nSPS) is 20.7. The van der Waals surface area contributed by atoms with E-state index in [0.717, 1.165) is 126 Å². The van der Waals surface area contributed by atoms with Crippen LogP contribution in [0.4, 0.5) is 11.4 Å². The number of ketones is 1. The van der Waals surface area contributed by atoms with Crippen LogP contribution in [0.2, 0.25) is 0 Å². The number of sulfonamides is 2. The van der Waals surface area contributed by atoms with Crippen molar-refractivity contribution in [1.29, 1.82) is 0 Å². The van der Waals surface area contributed by atoms with Gasteiger partial charge >= 0.3 is 0 Å². The third-order valence-electron chi connectivity index (χ3n) is 14.7. The summed E-state index contributed by atoms with van der Waals surface area (Å²) in [6.45, 7) is 15.0. The maximum atomic E-state index is 12.2. The molecule has 11 rings (SSSR count). The SMILES string of the molecule is CC1(C)C(=O)Nc2cc3c4c([nH]c3cc21)-c1[nH]ncc1CCC4.CC1(C)C(=O)Nc2cc3c4c([nH]c3cc21)C(=O)CCCC4.CC1CCN(S(C)(=O)=O)CC1.CC1CCN(S(C)(=O)=O)CC1. The van der Waals surface area contributed by atoms with E-state index in [9.17, 15) is 31.2 Å². The molecular weight excluding hydrogens is 877 g/mol. The summed E-state index contributed by atoms with van der Waals surface area (Å²) in [5.74, 6) is 1.69. The Kier molecular flexibility index (Phi) is 13.0. The molecule has 2 aromatic carbocycles. The highest BCUT2D eigenvalue weighted by Crippen LogP contribution is 2.44. The number of aromatic nitrogens is 4. The van der Waals surface area contributed by atoms with Gasteiger partial charge in [-0.05, 0) is 156 Å². The number of hydrogen-bond donors (Lipinski definition) is 5. The van der Waals surface area contributed by atoms with E-state index in [0.29, 0.717) is 44.4 Å². The van der Waals surface area contributed by atoms with Crippen molar-refractivity contribution in [2.75, 3.05) is 49.3 Å². The maximum absolute atomic E-state index is 12.2. The van der Waals surface area contributed by atoms with Crippen molar-refractivity contribution in [3.8, 4) is 11.4 Å². The molecule has 2 aliphatic carbocycles. The Hall–Kier alpha value is -4.84. The number of nitrogens with one attached hydrogen (secondary N) is 5. The van der Waals surface area contributed by atoms with Gasteiger partial charge in [0.1, 0.15) is 0 Å². The summed E-state index contributed by atoms with van der Waals surface area (Å²) in [5.41, 5.74) is 11.7. The molecule has 2 amide bonds. The molecule has 2 fully saturated rings. The van der Waals surface area contributed by atoms with Crippen molar-refractivity contribution >= 4 is 70.8 Å². The highest BCUT2D eigenvalue weighted by Gasteiger charge is 2.40. The number of fused-ring (bicyclic) bond motifs is 10. The van der Waals surface area contributed by atoms with Gasteiger partial charge in [-0.25, -0.2) is 25.4 Å². The van der Waals surface area contributed by atoms with Crippen molar-refractivity contribution in [2.45, 2.75) is 123 Å². The van der Waals surface area contributed by atoms with Crippen LogP contribution in [0.1, 0.15) is 131 Å². The van der Waals surface area contributed by atoms with Crippen LogP contribution in [0.15, 0.2) is 30.5 Å². The van der Waals surface area contributed by atoms with Crippen molar-refractivity contribution in [1.82, 2.24) is 28.8 Å². The zero-order valence-corrected chi connectivity index (χ0v) is 41.3. The smallest absolute Gasteiger partial charge is 0.234 e. The Morgan fingerprint density at radius 1 is 0.591 bits per heavy atom. The van der Waals surface area contributed by atoms with Crippen LogP contribution in [0.25, 0.3) is 33.2 Å². The van der Waals surface area contributed by atoms with E-state index < -0.39 is 30.9 Å². The van der Waals surface area contributed by atoms with Gasteiger partial charge in [-0.2, -0.15) is 5.10 Å². The Morgan fingerprint density at radius 2 is 1.03 bits per heavy atom. The predicted octanol–water partition coefficient (Wildman–Crippen LogP) is 7.94. The van der Waals surface area contributed by atoms with E-state index in [1.807, 2.05) is 46.0 Å². The molecule has 0 bridgehead atoms. The van der Waals surface area contributed by atoms with Gasteiger partial charge in [0, 0.05) is 65.8 Å². The lowest BCUT2D eigenvalue weighted by molar-refractivity contribution is -0.120. The minimum absolute atomic E-state index is 0.0346. The molecule has 15 nitrogen and oxygen atoms in total. The Balaban J connectivity index is 0.000000127. The lowest BCUT2D eigenvalue weighted by Crippen LogP contribution is -2.37. The minimum atomic E-state index is -2.92. The first-order valence-corrected chi connectivity index (χ1v) is 27.2. The molecule has 356 valence electrons. The van der Waals surface area contributed by atoms with Gasteiger partial charge in [-0.1, -0.05) is 13.8 Å². The Morgan fingerprint density at radius 3 is 1.52 bits per heavy atom. The van der Waals surface area contributed by atoms with Crippen molar-refractivity contribution in [3.05, 3.63) is 64.0 Å². The Bertz CT molecular complexity index is 2880. The first-order chi connectivity index (χ1) is 31.0. The number of piperidine rings is 2. The third kappa shape index (κ3) is 9.37. The number of carbonyl (C=O) groups is 3. The summed E-state index contributed by atoms with van der Waals surface area (Å²) >= 11 is 0. The number of nitrogens with zero attached hydrogens (tertiary/aromatic N) is 3. The molecule has 0 spiro atoms. The predicted molar refractivity (Wildman–Crippen MR) is 261 cm³/mol. The second kappa shape index (κ2) is 18.0. The number of aromatic amines is 3. The molecule has 5 N–H and O–H groups in total. The van der Waals surface area contributed by atoms with Crippen LogP contribution in [-0.4, -0.2) is 102 Å². The summed E-state index contributed by atoms with van der Waals surface area (Å²) < 4.78 is 47.2. The molecule has 0 radical (unpaired) electrons. The monoisotopic (exact) mass is 942 g/mol. The fraction of sp³-hybridized carbons (Fsp3) is 0.551. The Labute approximate surface area is 388 Å². The maximum Gasteiger partial charge on any atom is 0.234 e.